The minimum Gasteiger partial charge on any atom is -0.378 e. The smallest absolute Gasteiger partial charge is 0.191 e. The minimum atomic E-state index is 0.323. The lowest BCUT2D eigenvalue weighted by molar-refractivity contribution is 0.0226. The molecule has 1 aromatic heterocycles. The molecule has 0 radical (unpaired) electrons. The third-order valence-electron chi connectivity index (χ3n) is 3.86. The van der Waals surface area contributed by atoms with Gasteiger partial charge in [0.15, 0.2) is 5.16 Å². The van der Waals surface area contributed by atoms with Crippen LogP contribution < -0.4 is 0 Å². The van der Waals surface area contributed by atoms with E-state index in [0.29, 0.717) is 6.10 Å². The highest BCUT2D eigenvalue weighted by atomic mass is 32.2. The van der Waals surface area contributed by atoms with E-state index in [9.17, 15) is 0 Å². The van der Waals surface area contributed by atoms with E-state index in [1.54, 1.807) is 11.8 Å². The van der Waals surface area contributed by atoms with Gasteiger partial charge >= 0.3 is 0 Å². The number of hydrogen-bond acceptors (Lipinski definition) is 5. The number of ether oxygens (including phenoxy) is 2. The summed E-state index contributed by atoms with van der Waals surface area (Å²) in [4.78, 5) is 0. The molecular formula is C14H23N3O2S. The third kappa shape index (κ3) is 3.74. The van der Waals surface area contributed by atoms with Crippen LogP contribution in [-0.4, -0.2) is 46.4 Å². The number of aromatic nitrogens is 3. The van der Waals surface area contributed by atoms with Gasteiger partial charge in [0.1, 0.15) is 5.82 Å². The van der Waals surface area contributed by atoms with Crippen LogP contribution in [0.25, 0.3) is 0 Å². The molecule has 0 amide bonds. The molecule has 1 fully saturated rings. The van der Waals surface area contributed by atoms with Gasteiger partial charge in [0.05, 0.1) is 19.3 Å². The summed E-state index contributed by atoms with van der Waals surface area (Å²) in [6, 6.07) is 0. The van der Waals surface area contributed by atoms with Crippen LogP contribution in [0.5, 0.6) is 0 Å². The van der Waals surface area contributed by atoms with Crippen molar-refractivity contribution in [2.24, 2.45) is 0 Å². The Morgan fingerprint density at radius 1 is 1.25 bits per heavy atom. The molecule has 0 unspecified atom stereocenters. The van der Waals surface area contributed by atoms with Gasteiger partial charge in [-0.15, -0.1) is 10.2 Å². The van der Waals surface area contributed by atoms with Crippen molar-refractivity contribution in [3.8, 4) is 0 Å². The van der Waals surface area contributed by atoms with Crippen LogP contribution in [0, 0.1) is 0 Å². The molecule has 0 bridgehead atoms. The van der Waals surface area contributed by atoms with Gasteiger partial charge in [-0.25, -0.2) is 0 Å². The number of hydrogen-bond donors (Lipinski definition) is 0. The Kier molecular flexibility index (Phi) is 5.33. The molecule has 0 aliphatic carbocycles. The lowest BCUT2D eigenvalue weighted by atomic mass is 10.2. The topological polar surface area (TPSA) is 49.2 Å². The average Bonchev–Trinajstić information content (AvgIpc) is 3.04. The van der Waals surface area contributed by atoms with Gasteiger partial charge in [-0.2, -0.15) is 0 Å². The monoisotopic (exact) mass is 297 g/mol. The molecule has 0 spiro atoms. The van der Waals surface area contributed by atoms with Crippen molar-refractivity contribution in [2.45, 2.75) is 56.3 Å². The summed E-state index contributed by atoms with van der Waals surface area (Å²) in [5.41, 5.74) is 0. The van der Waals surface area contributed by atoms with Crippen LogP contribution in [0.3, 0.4) is 0 Å². The second kappa shape index (κ2) is 7.43. The SMILES string of the molecule is C1CCc2nnc(SCCOC[C@H]3CCCO3)n2CC1. The molecule has 5 nitrogen and oxygen atoms in total. The highest BCUT2D eigenvalue weighted by molar-refractivity contribution is 7.99. The van der Waals surface area contributed by atoms with Crippen molar-refractivity contribution in [1.29, 1.82) is 0 Å². The number of rotatable bonds is 6. The maximum Gasteiger partial charge on any atom is 0.191 e. The first kappa shape index (κ1) is 14.4. The first-order chi connectivity index (χ1) is 9.93. The van der Waals surface area contributed by atoms with E-state index in [2.05, 4.69) is 14.8 Å². The molecule has 112 valence electrons. The quantitative estimate of drug-likeness (QED) is 0.595. The molecule has 0 saturated carbocycles. The van der Waals surface area contributed by atoms with Gasteiger partial charge < -0.3 is 14.0 Å². The standard InChI is InChI=1S/C14H23N3O2S/c1-2-6-13-15-16-14(17(13)7-3-1)20-10-9-18-11-12-5-4-8-19-12/h12H,1-11H2/t12-/m1/s1. The lowest BCUT2D eigenvalue weighted by Crippen LogP contribution is -2.15. The van der Waals surface area contributed by atoms with E-state index < -0.39 is 0 Å². The van der Waals surface area contributed by atoms with Crippen LogP contribution in [0.15, 0.2) is 5.16 Å². The van der Waals surface area contributed by atoms with Gasteiger partial charge in [-0.3, -0.25) is 0 Å². The zero-order valence-corrected chi connectivity index (χ0v) is 12.7. The van der Waals surface area contributed by atoms with Crippen LogP contribution in [0.2, 0.25) is 0 Å². The lowest BCUT2D eigenvalue weighted by Gasteiger charge is -2.10. The van der Waals surface area contributed by atoms with Crippen LogP contribution >= 0.6 is 11.8 Å². The Morgan fingerprint density at radius 2 is 2.25 bits per heavy atom. The van der Waals surface area contributed by atoms with Crippen LogP contribution in [0.4, 0.5) is 0 Å². The van der Waals surface area contributed by atoms with Crippen molar-refractivity contribution >= 4 is 11.8 Å². The zero-order chi connectivity index (χ0) is 13.6. The Labute approximate surface area is 124 Å². The summed E-state index contributed by atoms with van der Waals surface area (Å²) in [6.45, 7) is 3.46. The first-order valence-corrected chi connectivity index (χ1v) is 8.66. The summed E-state index contributed by atoms with van der Waals surface area (Å²) in [7, 11) is 0. The normalized spacial score (nSPS) is 22.7. The van der Waals surface area contributed by atoms with E-state index >= 15 is 0 Å². The van der Waals surface area contributed by atoms with Crippen molar-refractivity contribution in [2.75, 3.05) is 25.6 Å². The molecule has 3 heterocycles. The first-order valence-electron chi connectivity index (χ1n) is 7.68. The molecule has 6 heteroatoms. The molecular weight excluding hydrogens is 274 g/mol. The summed E-state index contributed by atoms with van der Waals surface area (Å²) in [6.07, 6.45) is 7.51. The molecule has 2 aliphatic heterocycles. The number of fused-ring (bicyclic) bond motifs is 1. The molecule has 3 rings (SSSR count). The predicted molar refractivity (Wildman–Crippen MR) is 78.1 cm³/mol. The van der Waals surface area contributed by atoms with E-state index in [1.807, 2.05) is 0 Å². The minimum absolute atomic E-state index is 0.323. The molecule has 0 aromatic carbocycles. The zero-order valence-electron chi connectivity index (χ0n) is 11.9. The highest BCUT2D eigenvalue weighted by Gasteiger charge is 2.16. The molecule has 1 saturated heterocycles. The average molecular weight is 297 g/mol. The summed E-state index contributed by atoms with van der Waals surface area (Å²) < 4.78 is 13.5. The molecule has 1 atom stereocenters. The van der Waals surface area contributed by atoms with Crippen molar-refractivity contribution < 1.29 is 9.47 Å². The molecule has 2 aliphatic rings. The number of nitrogens with zero attached hydrogens (tertiary/aromatic N) is 3. The van der Waals surface area contributed by atoms with Gasteiger partial charge in [0.25, 0.3) is 0 Å². The maximum absolute atomic E-state index is 5.68. The van der Waals surface area contributed by atoms with Crippen molar-refractivity contribution in [1.82, 2.24) is 14.8 Å². The highest BCUT2D eigenvalue weighted by Crippen LogP contribution is 2.21. The Bertz CT molecular complexity index is 419. The third-order valence-corrected chi connectivity index (χ3v) is 4.79. The van der Waals surface area contributed by atoms with E-state index in [-0.39, 0.29) is 0 Å². The Morgan fingerprint density at radius 3 is 3.15 bits per heavy atom. The Balaban J connectivity index is 1.39. The fourth-order valence-electron chi connectivity index (χ4n) is 2.75. The summed E-state index contributed by atoms with van der Waals surface area (Å²) in [5, 5.41) is 9.68. The molecule has 20 heavy (non-hydrogen) atoms. The second-order valence-corrected chi connectivity index (χ2v) is 6.48. The van der Waals surface area contributed by atoms with Crippen molar-refractivity contribution in [3.63, 3.8) is 0 Å². The van der Waals surface area contributed by atoms with Crippen molar-refractivity contribution in [3.05, 3.63) is 5.82 Å². The van der Waals surface area contributed by atoms with Gasteiger partial charge in [0, 0.05) is 25.3 Å². The number of thioether (sulfide) groups is 1. The molecule has 0 N–H and O–H groups in total. The number of aryl methyl sites for hydroxylation is 1. The molecule has 1 aromatic rings. The fourth-order valence-corrected chi connectivity index (χ4v) is 3.58. The van der Waals surface area contributed by atoms with E-state index in [0.717, 1.165) is 55.9 Å². The predicted octanol–water partition coefficient (Wildman–Crippen LogP) is 2.29. The van der Waals surface area contributed by atoms with Gasteiger partial charge in [-0.1, -0.05) is 18.2 Å². The fraction of sp³-hybridized carbons (Fsp3) is 0.857. The van der Waals surface area contributed by atoms with E-state index in [4.69, 9.17) is 9.47 Å². The summed E-state index contributed by atoms with van der Waals surface area (Å²) in [5.74, 6) is 2.09. The second-order valence-electron chi connectivity index (χ2n) is 5.42. The largest absolute Gasteiger partial charge is 0.378 e. The van der Waals surface area contributed by atoms with E-state index in [1.165, 1.54) is 25.7 Å². The van der Waals surface area contributed by atoms with Gasteiger partial charge in [-0.05, 0) is 25.7 Å². The van der Waals surface area contributed by atoms with Crippen LogP contribution in [-0.2, 0) is 22.4 Å². The summed E-state index contributed by atoms with van der Waals surface area (Å²) >= 11 is 1.76. The van der Waals surface area contributed by atoms with Crippen LogP contribution in [0.1, 0.15) is 37.9 Å². The maximum atomic E-state index is 5.68. The van der Waals surface area contributed by atoms with Gasteiger partial charge in [0.2, 0.25) is 0 Å². The Hall–Kier alpha value is -0.590.